The van der Waals surface area contributed by atoms with Gasteiger partial charge in [-0.15, -0.1) is 0 Å². The van der Waals surface area contributed by atoms with Crippen LogP contribution < -0.4 is 4.72 Å². The molecule has 0 atom stereocenters. The number of halogens is 11. The maximum Gasteiger partial charge on any atom is 0.433 e. The van der Waals surface area contributed by atoms with E-state index >= 15 is 0 Å². The molecule has 7 nitrogen and oxygen atoms in total. The third kappa shape index (κ3) is 11.7. The second-order valence-corrected chi connectivity index (χ2v) is 17.2. The minimum Gasteiger partial charge on any atom is -0.228 e. The van der Waals surface area contributed by atoms with Gasteiger partial charge in [0.05, 0.1) is 16.3 Å². The van der Waals surface area contributed by atoms with Crippen molar-refractivity contribution in [2.75, 3.05) is 0 Å². The van der Waals surface area contributed by atoms with E-state index in [0.29, 0.717) is 33.3 Å². The van der Waals surface area contributed by atoms with E-state index in [4.69, 9.17) is 0 Å². The quantitative estimate of drug-likeness (QED) is 0.160. The molecule has 5 aromatic carbocycles. The van der Waals surface area contributed by atoms with Crippen molar-refractivity contribution in [3.63, 3.8) is 0 Å². The Kier molecular flexibility index (Phi) is 13.3. The van der Waals surface area contributed by atoms with Gasteiger partial charge >= 0.3 is 12.4 Å². The summed E-state index contributed by atoms with van der Waals surface area (Å²) in [7, 11) is -3.83. The fraction of sp³-hybridized carbons (Fsp3) is 0.136. The smallest absolute Gasteiger partial charge is 0.228 e. The second-order valence-electron chi connectivity index (χ2n) is 14.7. The highest BCUT2D eigenvalue weighted by Crippen LogP contribution is 2.35. The van der Waals surface area contributed by atoms with Gasteiger partial charge in [0.1, 0.15) is 11.4 Å². The number of hydrogen-bond acceptors (Lipinski definition) is 6. The van der Waals surface area contributed by atoms with Gasteiger partial charge in [0, 0.05) is 32.3 Å². The van der Waals surface area contributed by atoms with Crippen LogP contribution in [0.25, 0.3) is 56.4 Å². The SMILES string of the molecule is CC(C)(C)NS(=O)(=O)c1cccc(-c2cccc(-c3nc(-c4ccc(F)c(F)c4)cc(C(F)(F)F)n3)c2)c1.Fc1ccc(-c2cc(C(F)(F)F)nc(-c3cccc(Br)c3)n2)cc1F. The lowest BCUT2D eigenvalue weighted by Crippen LogP contribution is -2.40. The lowest BCUT2D eigenvalue weighted by molar-refractivity contribution is -0.141. The molecule has 0 bridgehead atoms. The first-order valence-corrected chi connectivity index (χ1v) is 20.5. The third-order valence-electron chi connectivity index (χ3n) is 8.59. The summed E-state index contributed by atoms with van der Waals surface area (Å²) in [5, 5.41) is 0. The number of nitrogens with zero attached hydrogens (tertiary/aromatic N) is 4. The van der Waals surface area contributed by atoms with Crippen LogP contribution in [-0.2, 0) is 22.4 Å². The number of rotatable bonds is 7. The zero-order chi connectivity index (χ0) is 46.1. The monoisotopic (exact) mass is 961 g/mol. The van der Waals surface area contributed by atoms with Crippen molar-refractivity contribution in [2.45, 2.75) is 43.6 Å². The van der Waals surface area contributed by atoms with E-state index in [0.717, 1.165) is 36.4 Å². The number of nitrogens with one attached hydrogen (secondary N) is 1. The van der Waals surface area contributed by atoms with Crippen LogP contribution in [0.4, 0.5) is 43.9 Å². The molecule has 0 amide bonds. The number of aromatic nitrogens is 4. The zero-order valence-electron chi connectivity index (χ0n) is 32.7. The summed E-state index contributed by atoms with van der Waals surface area (Å²) < 4.78 is 163. The summed E-state index contributed by atoms with van der Waals surface area (Å²) in [6, 6.07) is 25.6. The molecule has 0 radical (unpaired) electrons. The van der Waals surface area contributed by atoms with Crippen LogP contribution in [0.5, 0.6) is 0 Å². The molecule has 0 aliphatic rings. The van der Waals surface area contributed by atoms with Crippen molar-refractivity contribution in [1.82, 2.24) is 24.7 Å². The summed E-state index contributed by atoms with van der Waals surface area (Å²) in [4.78, 5) is 15.5. The lowest BCUT2D eigenvalue weighted by atomic mass is 10.0. The molecule has 0 aliphatic heterocycles. The van der Waals surface area contributed by atoms with Crippen molar-refractivity contribution in [3.05, 3.63) is 160 Å². The Bertz CT molecular complexity index is 2940. The van der Waals surface area contributed by atoms with E-state index in [9.17, 15) is 52.3 Å². The van der Waals surface area contributed by atoms with Crippen molar-refractivity contribution in [3.8, 4) is 56.4 Å². The van der Waals surface area contributed by atoms with E-state index in [-0.39, 0.29) is 44.6 Å². The fourth-order valence-corrected chi connectivity index (χ4v) is 7.68. The van der Waals surface area contributed by atoms with Gasteiger partial charge in [0.25, 0.3) is 0 Å². The first-order chi connectivity index (χ1) is 29.4. The van der Waals surface area contributed by atoms with Crippen LogP contribution in [0.15, 0.2) is 131 Å². The minimum absolute atomic E-state index is 0.0167. The highest BCUT2D eigenvalue weighted by atomic mass is 79.9. The summed E-state index contributed by atoms with van der Waals surface area (Å²) >= 11 is 3.23. The van der Waals surface area contributed by atoms with Gasteiger partial charge < -0.3 is 0 Å². The Morgan fingerprint density at radius 1 is 0.476 bits per heavy atom. The summed E-state index contributed by atoms with van der Waals surface area (Å²) in [6.07, 6.45) is -9.54. The van der Waals surface area contributed by atoms with Crippen molar-refractivity contribution in [2.24, 2.45) is 0 Å². The lowest BCUT2D eigenvalue weighted by Gasteiger charge is -2.20. The number of alkyl halides is 6. The average molecular weight is 963 g/mol. The maximum absolute atomic E-state index is 13.8. The van der Waals surface area contributed by atoms with E-state index < -0.39 is 62.6 Å². The van der Waals surface area contributed by atoms with Gasteiger partial charge in [-0.25, -0.2) is 50.6 Å². The molecule has 63 heavy (non-hydrogen) atoms. The minimum atomic E-state index is -4.83. The zero-order valence-corrected chi connectivity index (χ0v) is 35.1. The first-order valence-electron chi connectivity index (χ1n) is 18.2. The molecule has 1 N–H and O–H groups in total. The van der Waals surface area contributed by atoms with E-state index in [1.807, 2.05) is 0 Å². The van der Waals surface area contributed by atoms with E-state index in [1.54, 1.807) is 69.3 Å². The van der Waals surface area contributed by atoms with E-state index in [1.165, 1.54) is 24.3 Å². The Balaban J connectivity index is 0.000000228. The number of hydrogen-bond donors (Lipinski definition) is 1. The first kappa shape index (κ1) is 46.5. The van der Waals surface area contributed by atoms with Gasteiger partial charge in [-0.05, 0) is 111 Å². The van der Waals surface area contributed by atoms with E-state index in [2.05, 4.69) is 40.6 Å². The molecule has 0 spiro atoms. The average Bonchev–Trinajstić information content (AvgIpc) is 3.21. The molecule has 0 saturated carbocycles. The Morgan fingerprint density at radius 2 is 0.905 bits per heavy atom. The Hall–Kier alpha value is -6.05. The van der Waals surface area contributed by atoms with Crippen molar-refractivity contribution >= 4 is 26.0 Å². The third-order valence-corrected chi connectivity index (χ3v) is 10.8. The van der Waals surface area contributed by atoms with Gasteiger partial charge in [-0.1, -0.05) is 58.4 Å². The van der Waals surface area contributed by atoms with Crippen LogP contribution in [0, 0.1) is 23.3 Å². The molecule has 7 aromatic rings. The van der Waals surface area contributed by atoms with Gasteiger partial charge in [0.15, 0.2) is 34.9 Å². The van der Waals surface area contributed by atoms with Gasteiger partial charge in [0.2, 0.25) is 10.0 Å². The molecule has 2 aromatic heterocycles. The van der Waals surface area contributed by atoms with Gasteiger partial charge in [-0.3, -0.25) is 0 Å². The normalized spacial score (nSPS) is 12.2. The molecule has 0 saturated heterocycles. The summed E-state index contributed by atoms with van der Waals surface area (Å²) in [6.45, 7) is 5.13. The molecule has 326 valence electrons. The Morgan fingerprint density at radius 3 is 1.35 bits per heavy atom. The van der Waals surface area contributed by atoms with Crippen molar-refractivity contribution in [1.29, 1.82) is 0 Å². The molecular formula is C44H30BrF10N5O2S. The van der Waals surface area contributed by atoms with Gasteiger partial charge in [-0.2, -0.15) is 26.3 Å². The molecule has 0 fully saturated rings. The Labute approximate surface area is 362 Å². The molecule has 0 unspecified atom stereocenters. The second kappa shape index (κ2) is 18.0. The van der Waals surface area contributed by atoms with Crippen LogP contribution in [0.3, 0.4) is 0 Å². The molecule has 7 rings (SSSR count). The number of sulfonamides is 1. The summed E-state index contributed by atoms with van der Waals surface area (Å²) in [5.41, 5.74) is -2.01. The van der Waals surface area contributed by atoms with Crippen molar-refractivity contribution < 1.29 is 52.3 Å². The fourth-order valence-electron chi connectivity index (χ4n) is 5.82. The predicted octanol–water partition coefficient (Wildman–Crippen LogP) is 12.7. The number of benzene rings is 5. The predicted molar refractivity (Wildman–Crippen MR) is 219 cm³/mol. The van der Waals surface area contributed by atoms with Crippen LogP contribution in [0.1, 0.15) is 32.2 Å². The van der Waals surface area contributed by atoms with Crippen LogP contribution in [0.2, 0.25) is 0 Å². The molecule has 0 aliphatic carbocycles. The molecule has 2 heterocycles. The standard InChI is InChI=1S/C27H22F5N3O2S.C17H8BrF5N2/c1-26(2,3)35-38(36,37)20-9-5-7-17(13-20)16-6-4-8-19(12-16)25-33-23(15-24(34-25)27(30,31)32)18-10-11-21(28)22(29)14-18;18-11-3-1-2-10(6-11)16-24-14(8-15(25-16)17(21,22)23)9-4-5-12(19)13(20)7-9/h4-15,35H,1-3H3;1-8H. The molecular weight excluding hydrogens is 932 g/mol. The maximum atomic E-state index is 13.8. The molecule has 19 heteroatoms. The topological polar surface area (TPSA) is 97.7 Å². The summed E-state index contributed by atoms with van der Waals surface area (Å²) in [5.74, 6) is -5.10. The largest absolute Gasteiger partial charge is 0.433 e. The van der Waals surface area contributed by atoms with Crippen LogP contribution >= 0.6 is 15.9 Å². The highest BCUT2D eigenvalue weighted by Gasteiger charge is 2.35. The van der Waals surface area contributed by atoms with Crippen LogP contribution in [-0.4, -0.2) is 33.9 Å². The highest BCUT2D eigenvalue weighted by molar-refractivity contribution is 9.10.